The zero-order valence-corrected chi connectivity index (χ0v) is 9.36. The van der Waals surface area contributed by atoms with Crippen molar-refractivity contribution in [2.24, 2.45) is 0 Å². The quantitative estimate of drug-likeness (QED) is 0.701. The summed E-state index contributed by atoms with van der Waals surface area (Å²) in [5, 5.41) is 0. The maximum absolute atomic E-state index is 10.9. The van der Waals surface area contributed by atoms with Gasteiger partial charge in [0, 0.05) is 17.1 Å². The molecule has 0 aliphatic carbocycles. The van der Waals surface area contributed by atoms with Crippen molar-refractivity contribution in [1.29, 1.82) is 0 Å². The number of hydrogen-bond donors (Lipinski definition) is 0. The van der Waals surface area contributed by atoms with Gasteiger partial charge in [-0.2, -0.15) is 4.21 Å². The molecule has 4 nitrogen and oxygen atoms in total. The SMILES string of the molecule is CCC[C@H]1OS(=O)O[C@H]1C[S@@](C)=O. The molecule has 78 valence electrons. The Morgan fingerprint density at radius 1 is 1.38 bits per heavy atom. The second-order valence-electron chi connectivity index (χ2n) is 3.00. The molecule has 0 bridgehead atoms. The molecule has 1 fully saturated rings. The van der Waals surface area contributed by atoms with Crippen molar-refractivity contribution in [2.75, 3.05) is 12.0 Å². The van der Waals surface area contributed by atoms with Crippen LogP contribution in [0.5, 0.6) is 0 Å². The Hall–Kier alpha value is 0.220. The number of hydrogen-bond acceptors (Lipinski definition) is 4. The molecule has 6 heteroatoms. The minimum atomic E-state index is -1.64. The first-order valence-electron chi connectivity index (χ1n) is 4.19. The van der Waals surface area contributed by atoms with E-state index in [1.165, 1.54) is 0 Å². The molecule has 0 radical (unpaired) electrons. The fourth-order valence-corrected chi connectivity index (χ4v) is 2.93. The van der Waals surface area contributed by atoms with Crippen molar-refractivity contribution in [1.82, 2.24) is 0 Å². The van der Waals surface area contributed by atoms with E-state index in [2.05, 4.69) is 0 Å². The summed E-state index contributed by atoms with van der Waals surface area (Å²) in [6.45, 7) is 2.02. The Morgan fingerprint density at radius 2 is 2.00 bits per heavy atom. The molecule has 1 rings (SSSR count). The van der Waals surface area contributed by atoms with Crippen LogP contribution in [0.3, 0.4) is 0 Å². The lowest BCUT2D eigenvalue weighted by molar-refractivity contribution is 0.163. The maximum atomic E-state index is 10.9. The van der Waals surface area contributed by atoms with Gasteiger partial charge < -0.3 is 0 Å². The van der Waals surface area contributed by atoms with Gasteiger partial charge in [0.05, 0.1) is 5.75 Å². The summed E-state index contributed by atoms with van der Waals surface area (Å²) >= 11 is -1.64. The van der Waals surface area contributed by atoms with E-state index in [1.807, 2.05) is 6.92 Å². The van der Waals surface area contributed by atoms with Gasteiger partial charge in [0.2, 0.25) is 0 Å². The maximum Gasteiger partial charge on any atom is 0.305 e. The lowest BCUT2D eigenvalue weighted by Gasteiger charge is -2.11. The van der Waals surface area contributed by atoms with Crippen LogP contribution < -0.4 is 0 Å². The molecule has 1 aliphatic rings. The van der Waals surface area contributed by atoms with E-state index >= 15 is 0 Å². The van der Waals surface area contributed by atoms with Gasteiger partial charge in [0.1, 0.15) is 12.2 Å². The number of rotatable bonds is 4. The van der Waals surface area contributed by atoms with Crippen LogP contribution >= 0.6 is 0 Å². The zero-order chi connectivity index (χ0) is 9.84. The summed E-state index contributed by atoms with van der Waals surface area (Å²) in [7, 11) is -0.934. The van der Waals surface area contributed by atoms with E-state index < -0.39 is 22.2 Å². The van der Waals surface area contributed by atoms with E-state index in [4.69, 9.17) is 8.37 Å². The highest BCUT2D eigenvalue weighted by molar-refractivity contribution is 7.84. The van der Waals surface area contributed by atoms with Crippen molar-refractivity contribution in [3.05, 3.63) is 0 Å². The zero-order valence-electron chi connectivity index (χ0n) is 7.73. The minimum absolute atomic E-state index is 0.158. The molecule has 13 heavy (non-hydrogen) atoms. The van der Waals surface area contributed by atoms with Gasteiger partial charge in [-0.25, -0.2) is 0 Å². The minimum Gasteiger partial charge on any atom is -0.262 e. The molecular formula is C7H14O4S2. The predicted octanol–water partition coefficient (Wildman–Crippen LogP) is 0.528. The second-order valence-corrected chi connectivity index (χ2v) is 5.27. The summed E-state index contributed by atoms with van der Waals surface area (Å²) in [5.41, 5.74) is 0. The van der Waals surface area contributed by atoms with Crippen LogP contribution in [0.4, 0.5) is 0 Å². The van der Waals surface area contributed by atoms with Crippen molar-refractivity contribution < 1.29 is 16.8 Å². The molecule has 0 amide bonds. The highest BCUT2D eigenvalue weighted by atomic mass is 32.2. The van der Waals surface area contributed by atoms with Gasteiger partial charge in [0.25, 0.3) is 0 Å². The van der Waals surface area contributed by atoms with E-state index in [0.29, 0.717) is 5.75 Å². The van der Waals surface area contributed by atoms with Crippen molar-refractivity contribution in [2.45, 2.75) is 32.0 Å². The Morgan fingerprint density at radius 3 is 2.54 bits per heavy atom. The highest BCUT2D eigenvalue weighted by Gasteiger charge is 2.34. The van der Waals surface area contributed by atoms with Crippen LogP contribution in [0.2, 0.25) is 0 Å². The second kappa shape index (κ2) is 5.19. The van der Waals surface area contributed by atoms with Gasteiger partial charge >= 0.3 is 11.4 Å². The third kappa shape index (κ3) is 3.46. The topological polar surface area (TPSA) is 52.6 Å². The molecule has 0 saturated carbocycles. The standard InChI is InChI=1S/C7H14O4S2/c1-3-4-6-7(5-12(2)8)11-13(9)10-6/h6-7H,3-5H2,1-2H3/t6-,7+,12-,13?/m1/s1. The molecule has 0 aromatic rings. The third-order valence-corrected chi connectivity index (χ3v) is 3.40. The summed E-state index contributed by atoms with van der Waals surface area (Å²) in [6.07, 6.45) is 2.92. The van der Waals surface area contributed by atoms with Gasteiger partial charge in [-0.05, 0) is 6.42 Å². The molecule has 1 heterocycles. The Kier molecular flexibility index (Phi) is 4.51. The van der Waals surface area contributed by atoms with Crippen LogP contribution in [0.25, 0.3) is 0 Å². The average Bonchev–Trinajstić information content (AvgIpc) is 2.31. The summed E-state index contributed by atoms with van der Waals surface area (Å²) in [4.78, 5) is 0. The van der Waals surface area contributed by atoms with Gasteiger partial charge in [0.15, 0.2) is 0 Å². The van der Waals surface area contributed by atoms with Crippen molar-refractivity contribution >= 4 is 22.2 Å². The van der Waals surface area contributed by atoms with Crippen LogP contribution in [-0.4, -0.2) is 32.6 Å². The summed E-state index contributed by atoms with van der Waals surface area (Å²) in [5.74, 6) is 0.399. The highest BCUT2D eigenvalue weighted by Crippen LogP contribution is 2.21. The van der Waals surface area contributed by atoms with Crippen molar-refractivity contribution in [3.63, 3.8) is 0 Å². The molecular weight excluding hydrogens is 212 g/mol. The molecule has 0 spiro atoms. The first kappa shape index (κ1) is 11.3. The van der Waals surface area contributed by atoms with E-state index in [0.717, 1.165) is 12.8 Å². The molecule has 0 aromatic heterocycles. The first-order chi connectivity index (χ1) is 6.13. The summed E-state index contributed by atoms with van der Waals surface area (Å²) in [6, 6.07) is 0. The Bertz CT molecular complexity index is 219. The van der Waals surface area contributed by atoms with Gasteiger partial charge in [-0.1, -0.05) is 13.3 Å². The summed E-state index contributed by atoms with van der Waals surface area (Å²) < 4.78 is 31.8. The van der Waals surface area contributed by atoms with E-state index in [9.17, 15) is 8.42 Å². The van der Waals surface area contributed by atoms with Crippen LogP contribution in [-0.2, 0) is 30.5 Å². The first-order valence-corrected chi connectivity index (χ1v) is 6.92. The van der Waals surface area contributed by atoms with E-state index in [1.54, 1.807) is 6.26 Å². The Labute approximate surface area is 83.3 Å². The van der Waals surface area contributed by atoms with Crippen LogP contribution in [0, 0.1) is 0 Å². The lowest BCUT2D eigenvalue weighted by Crippen LogP contribution is -2.27. The van der Waals surface area contributed by atoms with Crippen LogP contribution in [0.1, 0.15) is 19.8 Å². The molecule has 1 unspecified atom stereocenters. The normalized spacial score (nSPS) is 36.3. The molecule has 4 atom stereocenters. The average molecular weight is 226 g/mol. The molecule has 0 aromatic carbocycles. The fourth-order valence-electron chi connectivity index (χ4n) is 1.23. The molecule has 0 N–H and O–H groups in total. The molecule has 1 aliphatic heterocycles. The predicted molar refractivity (Wildman–Crippen MR) is 51.7 cm³/mol. The third-order valence-electron chi connectivity index (χ3n) is 1.79. The monoisotopic (exact) mass is 226 g/mol. The van der Waals surface area contributed by atoms with Gasteiger partial charge in [-0.3, -0.25) is 12.6 Å². The largest absolute Gasteiger partial charge is 0.305 e. The smallest absolute Gasteiger partial charge is 0.262 e. The van der Waals surface area contributed by atoms with Crippen molar-refractivity contribution in [3.8, 4) is 0 Å². The van der Waals surface area contributed by atoms with Crippen LogP contribution in [0.15, 0.2) is 0 Å². The molecule has 1 saturated heterocycles. The lowest BCUT2D eigenvalue weighted by atomic mass is 10.1. The Balaban J connectivity index is 2.49. The van der Waals surface area contributed by atoms with E-state index in [-0.39, 0.29) is 12.2 Å². The van der Waals surface area contributed by atoms with Gasteiger partial charge in [-0.15, -0.1) is 0 Å². The fraction of sp³-hybridized carbons (Fsp3) is 1.00.